The van der Waals surface area contributed by atoms with Crippen LogP contribution in [0.1, 0.15) is 45.3 Å². The number of urea groups is 1. The summed E-state index contributed by atoms with van der Waals surface area (Å²) in [5.41, 5.74) is 4.51. The molecule has 5 amide bonds. The van der Waals surface area contributed by atoms with Crippen molar-refractivity contribution in [2.24, 2.45) is 5.41 Å². The fourth-order valence-corrected chi connectivity index (χ4v) is 8.93. The molecule has 3 aromatic heterocycles. The highest BCUT2D eigenvalue weighted by atomic mass is 35.5. The van der Waals surface area contributed by atoms with E-state index in [-0.39, 0.29) is 24.1 Å². The van der Waals surface area contributed by atoms with Crippen molar-refractivity contribution < 1.29 is 23.9 Å². The molecule has 0 unspecified atom stereocenters. The van der Waals surface area contributed by atoms with Crippen LogP contribution >= 0.6 is 23.2 Å². The van der Waals surface area contributed by atoms with Gasteiger partial charge in [-0.25, -0.2) is 9.78 Å². The Bertz CT molecular complexity index is 2450. The predicted octanol–water partition coefficient (Wildman–Crippen LogP) is 5.92. The Hall–Kier alpha value is -5.97. The first-order valence-electron chi connectivity index (χ1n) is 21.2. The van der Waals surface area contributed by atoms with Crippen LogP contribution in [0.4, 0.5) is 22.0 Å². The van der Waals surface area contributed by atoms with E-state index in [1.165, 1.54) is 0 Å². The summed E-state index contributed by atoms with van der Waals surface area (Å²) in [7, 11) is 0. The number of fused-ring (bicyclic) bond motifs is 1. The summed E-state index contributed by atoms with van der Waals surface area (Å²) in [6.45, 7) is 12.5. The van der Waals surface area contributed by atoms with Gasteiger partial charge in [-0.05, 0) is 66.9 Å². The second-order valence-corrected chi connectivity index (χ2v) is 17.8. The second-order valence-electron chi connectivity index (χ2n) is 17.0. The van der Waals surface area contributed by atoms with E-state index in [2.05, 4.69) is 40.5 Å². The van der Waals surface area contributed by atoms with Crippen LogP contribution in [0.2, 0.25) is 10.0 Å². The normalized spacial score (nSPS) is 16.9. The molecular formula is C45H51Cl2N11O5. The Morgan fingerprint density at radius 1 is 0.857 bits per heavy atom. The van der Waals surface area contributed by atoms with Crippen molar-refractivity contribution >= 4 is 75.1 Å². The summed E-state index contributed by atoms with van der Waals surface area (Å²) in [6.07, 6.45) is 5.12. The Kier molecular flexibility index (Phi) is 13.0. The van der Waals surface area contributed by atoms with Crippen LogP contribution in [0.25, 0.3) is 22.2 Å². The van der Waals surface area contributed by atoms with Gasteiger partial charge in [0, 0.05) is 125 Å². The number of halogens is 2. The molecule has 330 valence electrons. The number of imide groups is 1. The van der Waals surface area contributed by atoms with Gasteiger partial charge in [-0.15, -0.1) is 0 Å². The molecule has 0 radical (unpaired) electrons. The highest BCUT2D eigenvalue weighted by Crippen LogP contribution is 2.35. The number of rotatable bonds is 13. The van der Waals surface area contributed by atoms with Gasteiger partial charge in [0.15, 0.2) is 0 Å². The molecule has 0 saturated carbocycles. The van der Waals surface area contributed by atoms with Gasteiger partial charge in [-0.1, -0.05) is 37.0 Å². The van der Waals surface area contributed by atoms with Gasteiger partial charge in [0.25, 0.3) is 0 Å². The summed E-state index contributed by atoms with van der Waals surface area (Å²) < 4.78 is 6.24. The van der Waals surface area contributed by atoms with E-state index in [0.29, 0.717) is 73.6 Å². The molecule has 3 fully saturated rings. The number of hydrogen-bond donors (Lipinski definition) is 3. The average Bonchev–Trinajstić information content (AvgIpc) is 3.69. The summed E-state index contributed by atoms with van der Waals surface area (Å²) in [4.78, 5) is 69.0. The number of piperazine rings is 2. The maximum Gasteiger partial charge on any atom is 0.328 e. The third-order valence-electron chi connectivity index (χ3n) is 11.8. The number of nitrogens with zero attached hydrogens (tertiary/aromatic N) is 8. The van der Waals surface area contributed by atoms with Gasteiger partial charge in [0.2, 0.25) is 17.7 Å². The lowest BCUT2D eigenvalue weighted by molar-refractivity contribution is -0.134. The maximum atomic E-state index is 13.5. The van der Waals surface area contributed by atoms with Crippen molar-refractivity contribution in [3.8, 4) is 17.0 Å². The van der Waals surface area contributed by atoms with Crippen LogP contribution < -0.4 is 30.1 Å². The zero-order valence-corrected chi connectivity index (χ0v) is 37.1. The molecule has 63 heavy (non-hydrogen) atoms. The van der Waals surface area contributed by atoms with E-state index in [1.54, 1.807) is 17.3 Å². The molecule has 0 bridgehead atoms. The minimum absolute atomic E-state index is 0.0545. The van der Waals surface area contributed by atoms with Gasteiger partial charge < -0.3 is 24.8 Å². The van der Waals surface area contributed by atoms with E-state index < -0.39 is 17.6 Å². The smallest absolute Gasteiger partial charge is 0.328 e. The molecule has 16 nitrogen and oxygen atoms in total. The van der Waals surface area contributed by atoms with Crippen molar-refractivity contribution in [2.75, 3.05) is 86.7 Å². The minimum Gasteiger partial charge on any atom is -0.486 e. The van der Waals surface area contributed by atoms with E-state index in [4.69, 9.17) is 32.9 Å². The molecule has 3 N–H and O–H groups in total. The second kappa shape index (κ2) is 18.8. The summed E-state index contributed by atoms with van der Waals surface area (Å²) in [6, 6.07) is 17.1. The highest BCUT2D eigenvalue weighted by Gasteiger charge is 2.30. The summed E-state index contributed by atoms with van der Waals surface area (Å²) in [5.74, 6) is 1.24. The van der Waals surface area contributed by atoms with Crippen LogP contribution in [0.5, 0.6) is 5.75 Å². The van der Waals surface area contributed by atoms with Crippen LogP contribution in [0, 0.1) is 5.41 Å². The fourth-order valence-electron chi connectivity index (χ4n) is 8.26. The van der Waals surface area contributed by atoms with E-state index in [9.17, 15) is 19.2 Å². The average molecular weight is 897 g/mol. The first-order valence-corrected chi connectivity index (χ1v) is 21.9. The van der Waals surface area contributed by atoms with Crippen LogP contribution in [-0.4, -0.2) is 126 Å². The monoisotopic (exact) mass is 895 g/mol. The first-order chi connectivity index (χ1) is 30.3. The predicted molar refractivity (Wildman–Crippen MR) is 243 cm³/mol. The molecule has 3 aliphatic heterocycles. The highest BCUT2D eigenvalue weighted by molar-refractivity contribution is 6.35. The number of benzene rings is 2. The molecule has 5 aromatic rings. The number of carbonyl (C=O) groups excluding carboxylic acids is 4. The molecule has 2 aromatic carbocycles. The third-order valence-corrected chi connectivity index (χ3v) is 12.4. The number of carbonyl (C=O) groups is 4. The molecule has 6 heterocycles. The van der Waals surface area contributed by atoms with Crippen LogP contribution in [0.3, 0.4) is 0 Å². The Morgan fingerprint density at radius 2 is 1.56 bits per heavy atom. The molecular weight excluding hydrogens is 845 g/mol. The third kappa shape index (κ3) is 10.3. The Morgan fingerprint density at radius 3 is 2.24 bits per heavy atom. The van der Waals surface area contributed by atoms with Crippen molar-refractivity contribution in [3.63, 3.8) is 0 Å². The van der Waals surface area contributed by atoms with Gasteiger partial charge in [-0.2, -0.15) is 5.10 Å². The maximum absolute atomic E-state index is 13.5. The molecule has 3 aliphatic rings. The lowest BCUT2D eigenvalue weighted by Gasteiger charge is -2.37. The van der Waals surface area contributed by atoms with Crippen molar-refractivity contribution in [3.05, 3.63) is 88.8 Å². The number of ether oxygens (including phenoxy) is 1. The SMILES string of the molecule is C[C@@H](Oc1ccc2[nH]nc(-c3ccc(N4CCN(C(=O)CC(C)(C)CNC(=O)CN5CCN(c6ccc(N7CCC(=O)NC7=O)cc6)CC5)CC4)nc3)c2c1)c1c(Cl)cncc1Cl. The number of H-pyrrole nitrogens is 1. The van der Waals surface area contributed by atoms with Crippen molar-refractivity contribution in [2.45, 2.75) is 39.7 Å². The quantitative estimate of drug-likeness (QED) is 0.128. The van der Waals surface area contributed by atoms with E-state index in [0.717, 1.165) is 65.5 Å². The number of anilines is 3. The first kappa shape index (κ1) is 43.7. The van der Waals surface area contributed by atoms with Gasteiger partial charge in [-0.3, -0.25) is 39.6 Å². The van der Waals surface area contributed by atoms with Gasteiger partial charge >= 0.3 is 6.03 Å². The zero-order chi connectivity index (χ0) is 44.3. The number of pyridine rings is 2. The lowest BCUT2D eigenvalue weighted by atomic mass is 9.88. The van der Waals surface area contributed by atoms with Crippen LogP contribution in [-0.2, 0) is 14.4 Å². The molecule has 8 rings (SSSR count). The Balaban J connectivity index is 0.761. The zero-order valence-electron chi connectivity index (χ0n) is 35.6. The standard InChI is InChI=1S/C45H51Cl2N11O5/c1-29(42-35(46)25-48-26-36(42)47)63-33-9-10-37-34(22-33)43(53-52-37)30-4-11-38(49-24-30)56-18-20-57(21-19-56)41(61)23-45(2,3)28-50-40(60)27-54-14-16-55(17-15-54)31-5-7-32(8-6-31)58-13-12-39(59)51-44(58)62/h4-11,22,24-26,29H,12-21,23,27-28H2,1-3H3,(H,50,60)(H,52,53)(H,51,59,62)/t29-/m1/s1. The fraction of sp³-hybridized carbons (Fsp3) is 0.400. The van der Waals surface area contributed by atoms with Crippen molar-refractivity contribution in [1.29, 1.82) is 0 Å². The summed E-state index contributed by atoms with van der Waals surface area (Å²) in [5, 5.41) is 14.9. The molecule has 1 atom stereocenters. The molecule has 0 aliphatic carbocycles. The summed E-state index contributed by atoms with van der Waals surface area (Å²) >= 11 is 12.7. The number of hydrogen-bond acceptors (Lipinski definition) is 11. The number of amides is 5. The van der Waals surface area contributed by atoms with E-state index >= 15 is 0 Å². The lowest BCUT2D eigenvalue weighted by Crippen LogP contribution is -2.51. The van der Waals surface area contributed by atoms with Crippen LogP contribution in [0.15, 0.2) is 73.2 Å². The minimum atomic E-state index is -0.418. The van der Waals surface area contributed by atoms with Gasteiger partial charge in [0.1, 0.15) is 23.4 Å². The topological polar surface area (TPSA) is 172 Å². The number of nitrogens with one attached hydrogen (secondary N) is 3. The van der Waals surface area contributed by atoms with Gasteiger partial charge in [0.05, 0.1) is 22.1 Å². The van der Waals surface area contributed by atoms with E-state index in [1.807, 2.05) is 86.5 Å². The molecule has 3 saturated heterocycles. The largest absolute Gasteiger partial charge is 0.486 e. The number of aromatic nitrogens is 4. The number of aromatic amines is 1. The molecule has 0 spiro atoms. The Labute approximate surface area is 375 Å². The van der Waals surface area contributed by atoms with Crippen molar-refractivity contribution in [1.82, 2.24) is 40.6 Å². The molecule has 18 heteroatoms.